The Morgan fingerprint density at radius 3 is 2.79 bits per heavy atom. The molecule has 3 unspecified atom stereocenters. The van der Waals surface area contributed by atoms with Gasteiger partial charge in [-0.2, -0.15) is 11.8 Å². The molecule has 2 heteroatoms. The summed E-state index contributed by atoms with van der Waals surface area (Å²) in [5.74, 6) is 3.57. The van der Waals surface area contributed by atoms with Crippen LogP contribution in [0.4, 0.5) is 0 Å². The maximum atomic E-state index is 10.6. The summed E-state index contributed by atoms with van der Waals surface area (Å²) in [5, 5.41) is 10.6. The number of thioether (sulfide) groups is 1. The number of rotatable bonds is 2. The minimum Gasteiger partial charge on any atom is -0.389 e. The minimum atomic E-state index is -0.300. The highest BCUT2D eigenvalue weighted by Crippen LogP contribution is 2.45. The molecule has 0 spiro atoms. The molecular formula is C12H22OS. The van der Waals surface area contributed by atoms with Gasteiger partial charge >= 0.3 is 0 Å². The van der Waals surface area contributed by atoms with Crippen LogP contribution in [0.3, 0.4) is 0 Å². The number of hydrogen-bond acceptors (Lipinski definition) is 2. The van der Waals surface area contributed by atoms with Crippen LogP contribution in [0.15, 0.2) is 0 Å². The van der Waals surface area contributed by atoms with Crippen molar-refractivity contribution in [2.75, 3.05) is 11.5 Å². The maximum Gasteiger partial charge on any atom is 0.0776 e. The molecule has 0 bridgehead atoms. The van der Waals surface area contributed by atoms with E-state index in [1.807, 2.05) is 11.8 Å². The third-order valence-electron chi connectivity index (χ3n) is 4.15. The topological polar surface area (TPSA) is 20.2 Å². The first-order valence-corrected chi connectivity index (χ1v) is 7.22. The fraction of sp³-hybridized carbons (Fsp3) is 1.00. The van der Waals surface area contributed by atoms with Crippen LogP contribution < -0.4 is 0 Å². The third-order valence-corrected chi connectivity index (χ3v) is 5.35. The zero-order valence-corrected chi connectivity index (χ0v) is 9.98. The van der Waals surface area contributed by atoms with E-state index in [4.69, 9.17) is 0 Å². The second-order valence-electron chi connectivity index (χ2n) is 4.97. The van der Waals surface area contributed by atoms with E-state index in [-0.39, 0.29) is 5.60 Å². The van der Waals surface area contributed by atoms with Gasteiger partial charge in [0.25, 0.3) is 0 Å². The Morgan fingerprint density at radius 1 is 1.36 bits per heavy atom. The molecule has 0 aromatic heterocycles. The Balaban J connectivity index is 2.05. The average molecular weight is 214 g/mol. The van der Waals surface area contributed by atoms with E-state index in [2.05, 4.69) is 6.92 Å². The zero-order chi connectivity index (χ0) is 10.0. The lowest BCUT2D eigenvalue weighted by atomic mass is 9.69. The Labute approximate surface area is 91.7 Å². The van der Waals surface area contributed by atoms with Crippen LogP contribution in [0.5, 0.6) is 0 Å². The predicted molar refractivity (Wildman–Crippen MR) is 62.6 cm³/mol. The lowest BCUT2D eigenvalue weighted by Gasteiger charge is -2.40. The van der Waals surface area contributed by atoms with E-state index < -0.39 is 0 Å². The molecule has 0 aromatic rings. The maximum absolute atomic E-state index is 10.6. The largest absolute Gasteiger partial charge is 0.389 e. The summed E-state index contributed by atoms with van der Waals surface area (Å²) in [6, 6.07) is 0. The Morgan fingerprint density at radius 2 is 2.14 bits per heavy atom. The molecule has 0 aromatic carbocycles. The molecule has 3 atom stereocenters. The van der Waals surface area contributed by atoms with Crippen LogP contribution in [0.1, 0.15) is 45.4 Å². The van der Waals surface area contributed by atoms with Crippen molar-refractivity contribution in [3.63, 3.8) is 0 Å². The van der Waals surface area contributed by atoms with E-state index >= 15 is 0 Å². The predicted octanol–water partition coefficient (Wildman–Crippen LogP) is 3.07. The van der Waals surface area contributed by atoms with Crippen LogP contribution >= 0.6 is 11.8 Å². The van der Waals surface area contributed by atoms with E-state index in [9.17, 15) is 5.11 Å². The van der Waals surface area contributed by atoms with Gasteiger partial charge in [-0.3, -0.25) is 0 Å². The highest BCUT2D eigenvalue weighted by Gasteiger charge is 2.43. The van der Waals surface area contributed by atoms with Crippen molar-refractivity contribution in [2.24, 2.45) is 11.8 Å². The summed E-state index contributed by atoms with van der Waals surface area (Å²) in [7, 11) is 0. The molecule has 2 fully saturated rings. The van der Waals surface area contributed by atoms with E-state index in [0.29, 0.717) is 5.92 Å². The van der Waals surface area contributed by atoms with Gasteiger partial charge in [0.05, 0.1) is 5.60 Å². The Hall–Kier alpha value is 0.310. The molecule has 1 saturated heterocycles. The summed E-state index contributed by atoms with van der Waals surface area (Å²) < 4.78 is 0. The average Bonchev–Trinajstić information content (AvgIpc) is 2.66. The molecule has 0 radical (unpaired) electrons. The van der Waals surface area contributed by atoms with Crippen LogP contribution in [0, 0.1) is 11.8 Å². The summed E-state index contributed by atoms with van der Waals surface area (Å²) in [5.41, 5.74) is -0.300. The van der Waals surface area contributed by atoms with Gasteiger partial charge in [0.2, 0.25) is 0 Å². The normalized spacial score (nSPS) is 44.1. The van der Waals surface area contributed by atoms with E-state index in [1.165, 1.54) is 37.9 Å². The second kappa shape index (κ2) is 4.44. The zero-order valence-electron chi connectivity index (χ0n) is 9.17. The van der Waals surface area contributed by atoms with Crippen molar-refractivity contribution in [3.05, 3.63) is 0 Å². The van der Waals surface area contributed by atoms with Gasteiger partial charge in [-0.15, -0.1) is 0 Å². The molecule has 2 rings (SSSR count). The SMILES string of the molecule is CCC1CCCCC1C1(O)CCSC1. The van der Waals surface area contributed by atoms with Gasteiger partial charge in [0, 0.05) is 5.75 Å². The molecule has 0 amide bonds. The summed E-state index contributed by atoms with van der Waals surface area (Å²) in [4.78, 5) is 0. The van der Waals surface area contributed by atoms with Gasteiger partial charge in [-0.05, 0) is 30.4 Å². The van der Waals surface area contributed by atoms with Crippen molar-refractivity contribution >= 4 is 11.8 Å². The van der Waals surface area contributed by atoms with Gasteiger partial charge in [0.1, 0.15) is 0 Å². The van der Waals surface area contributed by atoms with Crippen molar-refractivity contribution in [3.8, 4) is 0 Å². The molecular weight excluding hydrogens is 192 g/mol. The van der Waals surface area contributed by atoms with Crippen LogP contribution in [-0.4, -0.2) is 22.2 Å². The monoisotopic (exact) mass is 214 g/mol. The fourth-order valence-corrected chi connectivity index (χ4v) is 4.62. The lowest BCUT2D eigenvalue weighted by Crippen LogP contribution is -2.43. The Kier molecular flexibility index (Phi) is 3.43. The van der Waals surface area contributed by atoms with Crippen LogP contribution in [0.2, 0.25) is 0 Å². The molecule has 1 nitrogen and oxygen atoms in total. The fourth-order valence-electron chi connectivity index (χ4n) is 3.27. The van der Waals surface area contributed by atoms with Gasteiger partial charge < -0.3 is 5.11 Å². The van der Waals surface area contributed by atoms with Gasteiger partial charge in [-0.1, -0.05) is 32.6 Å². The molecule has 1 saturated carbocycles. The highest BCUT2D eigenvalue weighted by atomic mass is 32.2. The number of hydrogen-bond donors (Lipinski definition) is 1. The van der Waals surface area contributed by atoms with Crippen molar-refractivity contribution in [1.29, 1.82) is 0 Å². The lowest BCUT2D eigenvalue weighted by molar-refractivity contribution is -0.0369. The van der Waals surface area contributed by atoms with E-state index in [0.717, 1.165) is 18.1 Å². The first-order valence-electron chi connectivity index (χ1n) is 6.06. The van der Waals surface area contributed by atoms with E-state index in [1.54, 1.807) is 0 Å². The van der Waals surface area contributed by atoms with Crippen LogP contribution in [-0.2, 0) is 0 Å². The molecule has 1 aliphatic heterocycles. The molecule has 1 aliphatic carbocycles. The Bertz CT molecular complexity index is 187. The van der Waals surface area contributed by atoms with Crippen LogP contribution in [0.25, 0.3) is 0 Å². The summed E-state index contributed by atoms with van der Waals surface area (Å²) in [6.07, 6.45) is 7.66. The van der Waals surface area contributed by atoms with Crippen molar-refractivity contribution < 1.29 is 5.11 Å². The smallest absolute Gasteiger partial charge is 0.0776 e. The minimum absolute atomic E-state index is 0.300. The second-order valence-corrected chi connectivity index (χ2v) is 6.07. The van der Waals surface area contributed by atoms with Gasteiger partial charge in [-0.25, -0.2) is 0 Å². The summed E-state index contributed by atoms with van der Waals surface area (Å²) in [6.45, 7) is 2.29. The third kappa shape index (κ3) is 1.96. The highest BCUT2D eigenvalue weighted by molar-refractivity contribution is 7.99. The molecule has 2 aliphatic rings. The standard InChI is InChI=1S/C12H22OS/c1-2-10-5-3-4-6-11(10)12(13)7-8-14-9-12/h10-11,13H,2-9H2,1H3. The quantitative estimate of drug-likeness (QED) is 0.762. The summed E-state index contributed by atoms with van der Waals surface area (Å²) >= 11 is 1.94. The number of aliphatic hydroxyl groups is 1. The molecule has 82 valence electrons. The molecule has 1 heterocycles. The molecule has 1 N–H and O–H groups in total. The van der Waals surface area contributed by atoms with Gasteiger partial charge in [0.15, 0.2) is 0 Å². The van der Waals surface area contributed by atoms with Crippen molar-refractivity contribution in [2.45, 2.75) is 51.0 Å². The first-order chi connectivity index (χ1) is 6.76. The molecule has 14 heavy (non-hydrogen) atoms. The first kappa shape index (κ1) is 10.8. The van der Waals surface area contributed by atoms with Crippen molar-refractivity contribution in [1.82, 2.24) is 0 Å².